The minimum Gasteiger partial charge on any atom is -0.369 e. The molecule has 0 aliphatic heterocycles. The van der Waals surface area contributed by atoms with Crippen molar-refractivity contribution in [1.82, 2.24) is 4.98 Å². The number of ketones is 1. The number of nitrogens with two attached hydrogens (primary N) is 1. The van der Waals surface area contributed by atoms with Gasteiger partial charge in [0.25, 0.3) is 0 Å². The third kappa shape index (κ3) is 4.88. The maximum atomic E-state index is 13.3. The van der Waals surface area contributed by atoms with Crippen LogP contribution in [-0.4, -0.2) is 16.7 Å². The molecule has 0 saturated carbocycles. The SMILES string of the molecule is Cc1ccc(C(=O)C(Sc2nc(C)c(CC(N)=O)s2)c2ccc(C)cc2)cc1. The maximum absolute atomic E-state index is 13.3. The highest BCUT2D eigenvalue weighted by molar-refractivity contribution is 8.01. The zero-order valence-corrected chi connectivity index (χ0v) is 17.7. The van der Waals surface area contributed by atoms with E-state index in [1.165, 1.54) is 23.1 Å². The molecule has 0 aliphatic rings. The number of benzene rings is 2. The summed E-state index contributed by atoms with van der Waals surface area (Å²) in [6, 6.07) is 15.6. The number of aromatic nitrogens is 1. The summed E-state index contributed by atoms with van der Waals surface area (Å²) in [5.41, 5.74) is 9.98. The van der Waals surface area contributed by atoms with Crippen molar-refractivity contribution in [2.75, 3.05) is 0 Å². The lowest BCUT2D eigenvalue weighted by atomic mass is 10.0. The maximum Gasteiger partial charge on any atom is 0.222 e. The second-order valence-electron chi connectivity index (χ2n) is 6.77. The summed E-state index contributed by atoms with van der Waals surface area (Å²) in [5, 5.41) is -0.407. The minimum atomic E-state index is -0.407. The van der Waals surface area contributed by atoms with Crippen LogP contribution in [0.15, 0.2) is 52.9 Å². The van der Waals surface area contributed by atoms with E-state index in [-0.39, 0.29) is 18.1 Å². The lowest BCUT2D eigenvalue weighted by molar-refractivity contribution is -0.117. The van der Waals surface area contributed by atoms with Crippen LogP contribution in [0.4, 0.5) is 0 Å². The molecule has 1 atom stereocenters. The Labute approximate surface area is 173 Å². The van der Waals surface area contributed by atoms with Gasteiger partial charge in [-0.2, -0.15) is 0 Å². The number of carbonyl (C=O) groups excluding carboxylic acids is 2. The fourth-order valence-corrected chi connectivity index (χ4v) is 5.27. The van der Waals surface area contributed by atoms with Gasteiger partial charge in [-0.05, 0) is 26.3 Å². The number of thiazole rings is 1. The molecule has 1 unspecified atom stereocenters. The fraction of sp³-hybridized carbons (Fsp3) is 0.227. The Morgan fingerprint density at radius 3 is 2.14 bits per heavy atom. The topological polar surface area (TPSA) is 73.1 Å². The van der Waals surface area contributed by atoms with Crippen LogP contribution in [0.3, 0.4) is 0 Å². The number of Topliss-reactive ketones (excluding diaryl/α,β-unsaturated/α-hetero) is 1. The first-order chi connectivity index (χ1) is 13.3. The van der Waals surface area contributed by atoms with E-state index in [9.17, 15) is 9.59 Å². The van der Waals surface area contributed by atoms with Gasteiger partial charge in [0, 0.05) is 10.4 Å². The van der Waals surface area contributed by atoms with Crippen molar-refractivity contribution in [3.63, 3.8) is 0 Å². The van der Waals surface area contributed by atoms with Crippen LogP contribution < -0.4 is 5.73 Å². The van der Waals surface area contributed by atoms with Crippen molar-refractivity contribution in [2.45, 2.75) is 36.8 Å². The molecule has 0 bridgehead atoms. The summed E-state index contributed by atoms with van der Waals surface area (Å²) >= 11 is 2.85. The van der Waals surface area contributed by atoms with Gasteiger partial charge in [0.15, 0.2) is 10.1 Å². The van der Waals surface area contributed by atoms with Gasteiger partial charge in [0.1, 0.15) is 0 Å². The van der Waals surface area contributed by atoms with E-state index in [4.69, 9.17) is 5.73 Å². The molecule has 3 rings (SSSR count). The highest BCUT2D eigenvalue weighted by Gasteiger charge is 2.25. The van der Waals surface area contributed by atoms with Gasteiger partial charge in [-0.15, -0.1) is 11.3 Å². The molecule has 2 aromatic carbocycles. The van der Waals surface area contributed by atoms with Crippen molar-refractivity contribution in [3.8, 4) is 0 Å². The van der Waals surface area contributed by atoms with Crippen LogP contribution in [0.2, 0.25) is 0 Å². The minimum absolute atomic E-state index is 0.0400. The lowest BCUT2D eigenvalue weighted by Gasteiger charge is -2.15. The number of rotatable bonds is 7. The van der Waals surface area contributed by atoms with Crippen LogP contribution in [0.25, 0.3) is 0 Å². The number of aryl methyl sites for hydroxylation is 3. The summed E-state index contributed by atoms with van der Waals surface area (Å²) in [7, 11) is 0. The van der Waals surface area contributed by atoms with Crippen LogP contribution in [0.1, 0.15) is 42.9 Å². The van der Waals surface area contributed by atoms with E-state index < -0.39 is 5.25 Å². The first-order valence-electron chi connectivity index (χ1n) is 8.92. The number of hydrogen-bond acceptors (Lipinski definition) is 5. The standard InChI is InChI=1S/C22H22N2O2S2/c1-13-4-8-16(9-5-13)20(26)21(17-10-6-14(2)7-11-17)28-22-24-15(3)18(27-22)12-19(23)25/h4-11,21H,12H2,1-3H3,(H2,23,25). The smallest absolute Gasteiger partial charge is 0.222 e. The van der Waals surface area contributed by atoms with E-state index in [2.05, 4.69) is 4.98 Å². The van der Waals surface area contributed by atoms with Gasteiger partial charge in [0.05, 0.1) is 17.4 Å². The Morgan fingerprint density at radius 2 is 1.57 bits per heavy atom. The third-order valence-electron chi connectivity index (χ3n) is 4.38. The van der Waals surface area contributed by atoms with Gasteiger partial charge >= 0.3 is 0 Å². The largest absolute Gasteiger partial charge is 0.369 e. The highest BCUT2D eigenvalue weighted by atomic mass is 32.2. The summed E-state index contributed by atoms with van der Waals surface area (Å²) in [5.74, 6) is -0.340. The van der Waals surface area contributed by atoms with E-state index in [1.54, 1.807) is 0 Å². The molecule has 1 aromatic heterocycles. The number of hydrogen-bond donors (Lipinski definition) is 1. The van der Waals surface area contributed by atoms with Gasteiger partial charge in [-0.1, -0.05) is 71.4 Å². The fourth-order valence-electron chi connectivity index (χ4n) is 2.76. The molecular formula is C22H22N2O2S2. The van der Waals surface area contributed by atoms with Crippen LogP contribution in [-0.2, 0) is 11.2 Å². The normalized spacial score (nSPS) is 12.0. The second kappa shape index (κ2) is 8.71. The molecular weight excluding hydrogens is 388 g/mol. The third-order valence-corrected chi connectivity index (χ3v) is 6.89. The van der Waals surface area contributed by atoms with Crippen LogP contribution in [0.5, 0.6) is 0 Å². The van der Waals surface area contributed by atoms with E-state index >= 15 is 0 Å². The van der Waals surface area contributed by atoms with Crippen LogP contribution >= 0.6 is 23.1 Å². The molecule has 0 aliphatic carbocycles. The lowest BCUT2D eigenvalue weighted by Crippen LogP contribution is -2.13. The number of primary amides is 1. The molecule has 4 nitrogen and oxygen atoms in total. The molecule has 1 amide bonds. The Balaban J connectivity index is 1.94. The molecule has 0 fully saturated rings. The van der Waals surface area contributed by atoms with Gasteiger partial charge in [0.2, 0.25) is 5.91 Å². The summed E-state index contributed by atoms with van der Waals surface area (Å²) < 4.78 is 0.764. The Bertz CT molecular complexity index is 992. The summed E-state index contributed by atoms with van der Waals surface area (Å²) in [6.45, 7) is 5.88. The second-order valence-corrected chi connectivity index (χ2v) is 9.21. The molecule has 2 N–H and O–H groups in total. The number of carbonyl (C=O) groups is 2. The quantitative estimate of drug-likeness (QED) is 0.448. The first-order valence-corrected chi connectivity index (χ1v) is 10.6. The molecule has 144 valence electrons. The van der Waals surface area contributed by atoms with Crippen molar-refractivity contribution in [2.24, 2.45) is 5.73 Å². The van der Waals surface area contributed by atoms with Crippen molar-refractivity contribution < 1.29 is 9.59 Å². The molecule has 3 aromatic rings. The summed E-state index contributed by atoms with van der Waals surface area (Å²) in [6.07, 6.45) is 0.172. The zero-order chi connectivity index (χ0) is 20.3. The molecule has 0 spiro atoms. The van der Waals surface area contributed by atoms with Gasteiger partial charge in [-0.25, -0.2) is 4.98 Å². The Morgan fingerprint density at radius 1 is 1.00 bits per heavy atom. The van der Waals surface area contributed by atoms with Gasteiger partial charge < -0.3 is 5.73 Å². The number of thioether (sulfide) groups is 1. The molecule has 6 heteroatoms. The molecule has 1 heterocycles. The zero-order valence-electron chi connectivity index (χ0n) is 16.1. The van der Waals surface area contributed by atoms with Crippen molar-refractivity contribution in [1.29, 1.82) is 0 Å². The average molecular weight is 411 g/mol. The number of nitrogens with zero attached hydrogens (tertiary/aromatic N) is 1. The summed E-state index contributed by atoms with van der Waals surface area (Å²) in [4.78, 5) is 30.0. The molecule has 0 radical (unpaired) electrons. The van der Waals surface area contributed by atoms with E-state index in [1.807, 2.05) is 69.3 Å². The molecule has 28 heavy (non-hydrogen) atoms. The Hall–Kier alpha value is -2.44. The highest BCUT2D eigenvalue weighted by Crippen LogP contribution is 2.40. The molecule has 0 saturated heterocycles. The van der Waals surface area contributed by atoms with E-state index in [0.717, 1.165) is 31.6 Å². The Kier molecular flexibility index (Phi) is 6.31. The number of amides is 1. The predicted molar refractivity (Wildman–Crippen MR) is 115 cm³/mol. The van der Waals surface area contributed by atoms with Crippen LogP contribution in [0, 0.1) is 20.8 Å². The van der Waals surface area contributed by atoms with E-state index in [0.29, 0.717) is 5.56 Å². The van der Waals surface area contributed by atoms with Crippen molar-refractivity contribution >= 4 is 34.8 Å². The predicted octanol–water partition coefficient (Wildman–Crippen LogP) is 4.81. The average Bonchev–Trinajstić information content (AvgIpc) is 2.99. The van der Waals surface area contributed by atoms with Crippen molar-refractivity contribution in [3.05, 3.63) is 81.4 Å². The monoisotopic (exact) mass is 410 g/mol. The first kappa shape index (κ1) is 20.3. The van der Waals surface area contributed by atoms with Gasteiger partial charge in [-0.3, -0.25) is 9.59 Å².